The van der Waals surface area contributed by atoms with Crippen molar-refractivity contribution in [2.45, 2.75) is 70.9 Å². The Morgan fingerprint density at radius 3 is 2.31 bits per heavy atom. The summed E-state index contributed by atoms with van der Waals surface area (Å²) < 4.78 is 0. The molecule has 1 aliphatic carbocycles. The van der Waals surface area contributed by atoms with Gasteiger partial charge >= 0.3 is 0 Å². The normalized spacial score (nSPS) is 21.6. The Balaban J connectivity index is 2.48. The quantitative estimate of drug-likeness (QED) is 0.729. The Kier molecular flexibility index (Phi) is 5.81. The van der Waals surface area contributed by atoms with Gasteiger partial charge in [0.2, 0.25) is 5.91 Å². The van der Waals surface area contributed by atoms with Gasteiger partial charge in [-0.05, 0) is 31.6 Å². The second kappa shape index (κ2) is 6.89. The van der Waals surface area contributed by atoms with Gasteiger partial charge in [0.05, 0.1) is 6.04 Å². The molecule has 3 nitrogen and oxygen atoms in total. The molecule has 3 heteroatoms. The SMILES string of the molecule is CCC(NC(CC)C1CCCCC1)C(N)=O. The van der Waals surface area contributed by atoms with Gasteiger partial charge in [-0.15, -0.1) is 0 Å². The monoisotopic (exact) mass is 226 g/mol. The van der Waals surface area contributed by atoms with E-state index in [4.69, 9.17) is 5.73 Å². The van der Waals surface area contributed by atoms with Crippen molar-refractivity contribution in [3.63, 3.8) is 0 Å². The fraction of sp³-hybridized carbons (Fsp3) is 0.923. The molecule has 0 aromatic heterocycles. The third kappa shape index (κ3) is 3.78. The molecule has 0 aromatic rings. The van der Waals surface area contributed by atoms with Crippen molar-refractivity contribution in [3.8, 4) is 0 Å². The fourth-order valence-corrected chi connectivity index (χ4v) is 2.78. The molecule has 1 saturated carbocycles. The van der Waals surface area contributed by atoms with Gasteiger partial charge in [0.25, 0.3) is 0 Å². The minimum Gasteiger partial charge on any atom is -0.368 e. The molecule has 0 aromatic carbocycles. The first-order valence-electron chi connectivity index (χ1n) is 6.74. The van der Waals surface area contributed by atoms with E-state index in [0.29, 0.717) is 6.04 Å². The van der Waals surface area contributed by atoms with E-state index in [-0.39, 0.29) is 11.9 Å². The molecular formula is C13H26N2O. The summed E-state index contributed by atoms with van der Waals surface area (Å²) in [5.41, 5.74) is 5.38. The highest BCUT2D eigenvalue weighted by molar-refractivity contribution is 5.79. The van der Waals surface area contributed by atoms with Gasteiger partial charge in [-0.25, -0.2) is 0 Å². The van der Waals surface area contributed by atoms with Crippen LogP contribution in [-0.4, -0.2) is 18.0 Å². The molecule has 1 aliphatic rings. The molecule has 0 radical (unpaired) electrons. The molecular weight excluding hydrogens is 200 g/mol. The molecule has 2 atom stereocenters. The first-order valence-corrected chi connectivity index (χ1v) is 6.74. The van der Waals surface area contributed by atoms with Crippen molar-refractivity contribution in [1.82, 2.24) is 5.32 Å². The molecule has 16 heavy (non-hydrogen) atoms. The van der Waals surface area contributed by atoms with Crippen molar-refractivity contribution in [2.24, 2.45) is 11.7 Å². The molecule has 3 N–H and O–H groups in total. The zero-order valence-electron chi connectivity index (χ0n) is 10.7. The van der Waals surface area contributed by atoms with Crippen molar-refractivity contribution >= 4 is 5.91 Å². The van der Waals surface area contributed by atoms with Crippen LogP contribution in [0.5, 0.6) is 0 Å². The van der Waals surface area contributed by atoms with Crippen LogP contribution in [0.4, 0.5) is 0 Å². The molecule has 0 heterocycles. The lowest BCUT2D eigenvalue weighted by molar-refractivity contribution is -0.120. The van der Waals surface area contributed by atoms with E-state index in [2.05, 4.69) is 12.2 Å². The van der Waals surface area contributed by atoms with Crippen LogP contribution in [0.3, 0.4) is 0 Å². The van der Waals surface area contributed by atoms with E-state index in [1.54, 1.807) is 0 Å². The number of hydrogen-bond donors (Lipinski definition) is 2. The lowest BCUT2D eigenvalue weighted by atomic mass is 9.82. The standard InChI is InChI=1S/C13H26N2O/c1-3-11(10-8-6-5-7-9-10)15-12(4-2)13(14)16/h10-12,15H,3-9H2,1-2H3,(H2,14,16). The molecule has 0 spiro atoms. The maximum absolute atomic E-state index is 11.2. The highest BCUT2D eigenvalue weighted by atomic mass is 16.1. The van der Waals surface area contributed by atoms with Crippen molar-refractivity contribution in [2.75, 3.05) is 0 Å². The van der Waals surface area contributed by atoms with E-state index in [0.717, 1.165) is 18.8 Å². The average Bonchev–Trinajstić information content (AvgIpc) is 2.31. The average molecular weight is 226 g/mol. The summed E-state index contributed by atoms with van der Waals surface area (Å²) in [5, 5.41) is 3.45. The first-order chi connectivity index (χ1) is 7.69. The molecule has 94 valence electrons. The van der Waals surface area contributed by atoms with E-state index in [9.17, 15) is 4.79 Å². The second-order valence-corrected chi connectivity index (χ2v) is 4.94. The van der Waals surface area contributed by atoms with Gasteiger partial charge < -0.3 is 11.1 Å². The van der Waals surface area contributed by atoms with E-state index in [1.165, 1.54) is 32.1 Å². The van der Waals surface area contributed by atoms with Crippen LogP contribution in [0.15, 0.2) is 0 Å². The Bertz CT molecular complexity index is 212. The minimum absolute atomic E-state index is 0.146. The number of carbonyl (C=O) groups excluding carboxylic acids is 1. The maximum Gasteiger partial charge on any atom is 0.234 e. The third-order valence-corrected chi connectivity index (χ3v) is 3.83. The summed E-state index contributed by atoms with van der Waals surface area (Å²) in [7, 11) is 0. The van der Waals surface area contributed by atoms with E-state index >= 15 is 0 Å². The molecule has 0 aliphatic heterocycles. The lowest BCUT2D eigenvalue weighted by Crippen LogP contribution is -2.48. The van der Waals surface area contributed by atoms with E-state index < -0.39 is 0 Å². The van der Waals surface area contributed by atoms with Crippen LogP contribution in [0.1, 0.15) is 58.8 Å². The number of carbonyl (C=O) groups is 1. The summed E-state index contributed by atoms with van der Waals surface area (Å²) in [6.45, 7) is 4.20. The first kappa shape index (κ1) is 13.5. The van der Waals surface area contributed by atoms with Crippen LogP contribution >= 0.6 is 0 Å². The van der Waals surface area contributed by atoms with Crippen LogP contribution in [-0.2, 0) is 4.79 Å². The molecule has 2 unspecified atom stereocenters. The minimum atomic E-state index is -0.211. The predicted molar refractivity (Wildman–Crippen MR) is 67.1 cm³/mol. The molecule has 1 rings (SSSR count). The van der Waals surface area contributed by atoms with Crippen LogP contribution in [0.2, 0.25) is 0 Å². The Morgan fingerprint density at radius 2 is 1.88 bits per heavy atom. The van der Waals surface area contributed by atoms with Crippen LogP contribution < -0.4 is 11.1 Å². The largest absolute Gasteiger partial charge is 0.368 e. The summed E-state index contributed by atoms with van der Waals surface area (Å²) in [5.74, 6) is 0.531. The summed E-state index contributed by atoms with van der Waals surface area (Å²) in [4.78, 5) is 11.2. The Labute approximate surface area is 99.2 Å². The lowest BCUT2D eigenvalue weighted by Gasteiger charge is -2.32. The van der Waals surface area contributed by atoms with Gasteiger partial charge in [0, 0.05) is 6.04 Å². The molecule has 0 bridgehead atoms. The van der Waals surface area contributed by atoms with Gasteiger partial charge in [0.15, 0.2) is 0 Å². The van der Waals surface area contributed by atoms with Crippen molar-refractivity contribution in [1.29, 1.82) is 0 Å². The Hall–Kier alpha value is -0.570. The van der Waals surface area contributed by atoms with Gasteiger partial charge in [0.1, 0.15) is 0 Å². The number of rotatable bonds is 6. The van der Waals surface area contributed by atoms with Gasteiger partial charge in [-0.3, -0.25) is 4.79 Å². The summed E-state index contributed by atoms with van der Waals surface area (Å²) >= 11 is 0. The summed E-state index contributed by atoms with van der Waals surface area (Å²) in [6.07, 6.45) is 8.56. The fourth-order valence-electron chi connectivity index (χ4n) is 2.78. The van der Waals surface area contributed by atoms with Crippen molar-refractivity contribution in [3.05, 3.63) is 0 Å². The number of hydrogen-bond acceptors (Lipinski definition) is 2. The van der Waals surface area contributed by atoms with E-state index in [1.807, 2.05) is 6.92 Å². The van der Waals surface area contributed by atoms with Crippen molar-refractivity contribution < 1.29 is 4.79 Å². The van der Waals surface area contributed by atoms with Crippen LogP contribution in [0.25, 0.3) is 0 Å². The van der Waals surface area contributed by atoms with Crippen LogP contribution in [0, 0.1) is 5.92 Å². The smallest absolute Gasteiger partial charge is 0.234 e. The Morgan fingerprint density at radius 1 is 1.25 bits per heavy atom. The van der Waals surface area contributed by atoms with Gasteiger partial charge in [-0.2, -0.15) is 0 Å². The maximum atomic E-state index is 11.2. The summed E-state index contributed by atoms with van der Waals surface area (Å²) in [6, 6.07) is 0.324. The highest BCUT2D eigenvalue weighted by Gasteiger charge is 2.25. The number of amides is 1. The zero-order chi connectivity index (χ0) is 12.0. The number of nitrogens with two attached hydrogens (primary N) is 1. The topological polar surface area (TPSA) is 55.1 Å². The molecule has 0 saturated heterocycles. The molecule has 1 fully saturated rings. The van der Waals surface area contributed by atoms with Gasteiger partial charge in [-0.1, -0.05) is 33.1 Å². The zero-order valence-corrected chi connectivity index (χ0v) is 10.7. The second-order valence-electron chi connectivity index (χ2n) is 4.94. The number of nitrogens with one attached hydrogen (secondary N) is 1. The number of primary amides is 1. The molecule has 1 amide bonds. The highest BCUT2D eigenvalue weighted by Crippen LogP contribution is 2.28. The predicted octanol–water partition coefficient (Wildman–Crippen LogP) is 2.20. The third-order valence-electron chi connectivity index (χ3n) is 3.83.